The summed E-state index contributed by atoms with van der Waals surface area (Å²) in [6.07, 6.45) is 1.85. The average molecular weight is 213 g/mol. The highest BCUT2D eigenvalue weighted by atomic mass is 16.5. The molecule has 0 radical (unpaired) electrons. The van der Waals surface area contributed by atoms with Gasteiger partial charge in [-0.05, 0) is 19.9 Å². The van der Waals surface area contributed by atoms with E-state index < -0.39 is 0 Å². The van der Waals surface area contributed by atoms with Gasteiger partial charge in [-0.1, -0.05) is 26.0 Å². The van der Waals surface area contributed by atoms with Gasteiger partial charge in [0.15, 0.2) is 0 Å². The maximum absolute atomic E-state index is 10.5. The van der Waals surface area contributed by atoms with Crippen LogP contribution in [0.25, 0.3) is 0 Å². The summed E-state index contributed by atoms with van der Waals surface area (Å²) in [6.45, 7) is 14.1. The summed E-state index contributed by atoms with van der Waals surface area (Å²) in [5.41, 5.74) is 1.14. The van der Waals surface area contributed by atoms with Crippen LogP contribution >= 0.6 is 0 Å². The number of hydrogen-bond acceptors (Lipinski definition) is 2. The highest BCUT2D eigenvalue weighted by Crippen LogP contribution is 1.99. The van der Waals surface area contributed by atoms with Crippen LogP contribution in [0.2, 0.25) is 0 Å². The van der Waals surface area contributed by atoms with Crippen molar-refractivity contribution in [1.82, 2.24) is 5.32 Å². The van der Waals surface area contributed by atoms with Crippen LogP contribution in [0.15, 0.2) is 24.0 Å². The standard InChI is InChI=1S/C10H17NO2.C2H6/c1-8(2)7-9(3)13-6-5-11-10(4)12;1-2/h7H,3,5-6H2,1-2,4H3,(H,11,12);1-2H3. The van der Waals surface area contributed by atoms with Gasteiger partial charge in [0.25, 0.3) is 0 Å². The molecule has 1 N–H and O–H groups in total. The van der Waals surface area contributed by atoms with Gasteiger partial charge < -0.3 is 10.1 Å². The summed E-state index contributed by atoms with van der Waals surface area (Å²) in [5, 5.41) is 2.63. The molecule has 0 saturated heterocycles. The van der Waals surface area contributed by atoms with Crippen molar-refractivity contribution >= 4 is 5.91 Å². The maximum Gasteiger partial charge on any atom is 0.216 e. The van der Waals surface area contributed by atoms with E-state index in [9.17, 15) is 4.79 Å². The maximum atomic E-state index is 10.5. The highest BCUT2D eigenvalue weighted by Gasteiger charge is 1.92. The van der Waals surface area contributed by atoms with E-state index in [2.05, 4.69) is 11.9 Å². The van der Waals surface area contributed by atoms with E-state index in [4.69, 9.17) is 4.74 Å². The first-order chi connectivity index (χ1) is 7.02. The molecule has 0 fully saturated rings. The SMILES string of the molecule is C=C(C=C(C)C)OCCNC(C)=O.CC. The van der Waals surface area contributed by atoms with Crippen LogP contribution in [0.4, 0.5) is 0 Å². The Kier molecular flexibility index (Phi) is 11.7. The smallest absolute Gasteiger partial charge is 0.216 e. The predicted octanol–water partition coefficient (Wildman–Crippen LogP) is 2.65. The fourth-order valence-corrected chi connectivity index (χ4v) is 0.773. The zero-order valence-electron chi connectivity index (χ0n) is 10.5. The molecular weight excluding hydrogens is 190 g/mol. The summed E-state index contributed by atoms with van der Waals surface area (Å²) >= 11 is 0. The molecule has 0 aliphatic rings. The van der Waals surface area contributed by atoms with Gasteiger partial charge in [0, 0.05) is 6.92 Å². The lowest BCUT2D eigenvalue weighted by atomic mass is 10.3. The van der Waals surface area contributed by atoms with Crippen LogP contribution in [0.1, 0.15) is 34.6 Å². The van der Waals surface area contributed by atoms with Gasteiger partial charge in [-0.15, -0.1) is 0 Å². The van der Waals surface area contributed by atoms with Crippen molar-refractivity contribution < 1.29 is 9.53 Å². The molecule has 0 saturated carbocycles. The van der Waals surface area contributed by atoms with Crippen LogP contribution in [0, 0.1) is 0 Å². The second-order valence-electron chi connectivity index (χ2n) is 3.02. The molecule has 3 heteroatoms. The Hall–Kier alpha value is -1.25. The van der Waals surface area contributed by atoms with Crippen molar-refractivity contribution in [2.45, 2.75) is 34.6 Å². The molecule has 0 rings (SSSR count). The number of rotatable bonds is 5. The van der Waals surface area contributed by atoms with Crippen molar-refractivity contribution in [2.24, 2.45) is 0 Å². The monoisotopic (exact) mass is 213 g/mol. The lowest BCUT2D eigenvalue weighted by Gasteiger charge is -2.06. The van der Waals surface area contributed by atoms with E-state index >= 15 is 0 Å². The number of amides is 1. The molecule has 0 atom stereocenters. The topological polar surface area (TPSA) is 38.3 Å². The molecule has 0 unspecified atom stereocenters. The van der Waals surface area contributed by atoms with E-state index in [1.165, 1.54) is 6.92 Å². The Labute approximate surface area is 93.2 Å². The largest absolute Gasteiger partial charge is 0.492 e. The van der Waals surface area contributed by atoms with Crippen molar-refractivity contribution in [3.05, 3.63) is 24.0 Å². The molecule has 1 amide bonds. The Balaban J connectivity index is 0. The minimum atomic E-state index is -0.0450. The summed E-state index contributed by atoms with van der Waals surface area (Å²) in [5.74, 6) is 0.585. The lowest BCUT2D eigenvalue weighted by Crippen LogP contribution is -2.24. The number of carbonyl (C=O) groups excluding carboxylic acids is 1. The number of nitrogens with one attached hydrogen (secondary N) is 1. The molecular formula is C12H23NO2. The Morgan fingerprint density at radius 2 is 1.87 bits per heavy atom. The molecule has 15 heavy (non-hydrogen) atoms. The quantitative estimate of drug-likeness (QED) is 0.433. The fourth-order valence-electron chi connectivity index (χ4n) is 0.773. The third-order valence-electron chi connectivity index (χ3n) is 1.21. The second kappa shape index (κ2) is 10.8. The molecule has 0 spiro atoms. The Morgan fingerprint density at radius 1 is 1.33 bits per heavy atom. The van der Waals surface area contributed by atoms with Gasteiger partial charge in [0.2, 0.25) is 5.91 Å². The number of allylic oxidation sites excluding steroid dienone is 2. The van der Waals surface area contributed by atoms with Crippen molar-refractivity contribution in [2.75, 3.05) is 13.2 Å². The average Bonchev–Trinajstić information content (AvgIpc) is 2.14. The molecule has 0 aromatic carbocycles. The summed E-state index contributed by atoms with van der Waals surface area (Å²) in [7, 11) is 0. The molecule has 88 valence electrons. The molecule has 0 aromatic heterocycles. The molecule has 0 heterocycles. The third kappa shape index (κ3) is 15.5. The Bertz CT molecular complexity index is 216. The van der Waals surface area contributed by atoms with Crippen LogP contribution in [-0.2, 0) is 9.53 Å². The zero-order valence-corrected chi connectivity index (χ0v) is 10.5. The first kappa shape index (κ1) is 16.2. The van der Waals surface area contributed by atoms with E-state index in [-0.39, 0.29) is 5.91 Å². The van der Waals surface area contributed by atoms with Crippen molar-refractivity contribution in [3.8, 4) is 0 Å². The highest BCUT2D eigenvalue weighted by molar-refractivity contribution is 5.72. The first-order valence-electron chi connectivity index (χ1n) is 5.23. The number of ether oxygens (including phenoxy) is 1. The third-order valence-corrected chi connectivity index (χ3v) is 1.21. The minimum Gasteiger partial charge on any atom is -0.492 e. The number of carbonyl (C=O) groups is 1. The normalized spacial score (nSPS) is 8.07. The minimum absolute atomic E-state index is 0.0450. The van der Waals surface area contributed by atoms with Gasteiger partial charge in [-0.3, -0.25) is 4.79 Å². The first-order valence-corrected chi connectivity index (χ1v) is 5.23. The molecule has 0 aliphatic heterocycles. The van der Waals surface area contributed by atoms with Gasteiger partial charge >= 0.3 is 0 Å². The summed E-state index contributed by atoms with van der Waals surface area (Å²) in [6, 6.07) is 0. The zero-order chi connectivity index (χ0) is 12.3. The van der Waals surface area contributed by atoms with Gasteiger partial charge in [0.05, 0.1) is 6.54 Å². The van der Waals surface area contributed by atoms with Crippen LogP contribution in [-0.4, -0.2) is 19.1 Å². The predicted molar refractivity (Wildman–Crippen MR) is 64.6 cm³/mol. The fraction of sp³-hybridized carbons (Fsp3) is 0.583. The molecule has 0 aromatic rings. The van der Waals surface area contributed by atoms with Gasteiger partial charge in [-0.25, -0.2) is 0 Å². The van der Waals surface area contributed by atoms with Crippen LogP contribution in [0.3, 0.4) is 0 Å². The van der Waals surface area contributed by atoms with Crippen molar-refractivity contribution in [3.63, 3.8) is 0 Å². The van der Waals surface area contributed by atoms with Crippen molar-refractivity contribution in [1.29, 1.82) is 0 Å². The number of hydrogen-bond donors (Lipinski definition) is 1. The molecule has 3 nitrogen and oxygen atoms in total. The van der Waals surface area contributed by atoms with E-state index in [1.807, 2.05) is 33.8 Å². The summed E-state index contributed by atoms with van der Waals surface area (Å²) < 4.78 is 5.22. The van der Waals surface area contributed by atoms with E-state index in [1.54, 1.807) is 0 Å². The lowest BCUT2D eigenvalue weighted by molar-refractivity contribution is -0.119. The van der Waals surface area contributed by atoms with E-state index in [0.29, 0.717) is 18.9 Å². The second-order valence-corrected chi connectivity index (χ2v) is 3.02. The molecule has 0 aliphatic carbocycles. The van der Waals surface area contributed by atoms with Gasteiger partial charge in [-0.2, -0.15) is 0 Å². The summed E-state index contributed by atoms with van der Waals surface area (Å²) in [4.78, 5) is 10.5. The van der Waals surface area contributed by atoms with Gasteiger partial charge in [0.1, 0.15) is 12.4 Å². The van der Waals surface area contributed by atoms with E-state index in [0.717, 1.165) is 5.57 Å². The Morgan fingerprint density at radius 3 is 2.27 bits per heavy atom. The van der Waals surface area contributed by atoms with Crippen LogP contribution < -0.4 is 5.32 Å². The van der Waals surface area contributed by atoms with Crippen LogP contribution in [0.5, 0.6) is 0 Å². The molecule has 0 bridgehead atoms.